The number of sulfone groups is 1. The average Bonchev–Trinajstić information content (AvgIpc) is 2.84. The number of nitrogens with one attached hydrogen (secondary N) is 1. The number of carbonyl (C=O) groups is 1. The van der Waals surface area contributed by atoms with Crippen molar-refractivity contribution in [2.75, 3.05) is 11.1 Å². The number of carbonyl (C=O) groups excluding carboxylic acids is 1. The number of halogens is 2. The summed E-state index contributed by atoms with van der Waals surface area (Å²) in [5.74, 6) is -0.280. The lowest BCUT2D eigenvalue weighted by atomic mass is 9.98. The van der Waals surface area contributed by atoms with E-state index < -0.39 is 9.84 Å². The van der Waals surface area contributed by atoms with Crippen LogP contribution < -0.4 is 5.32 Å². The Bertz CT molecular complexity index is 1450. The molecule has 3 rings (SSSR count). The molecule has 5 nitrogen and oxygen atoms in total. The van der Waals surface area contributed by atoms with Crippen molar-refractivity contribution in [3.05, 3.63) is 86.9 Å². The molecule has 0 aliphatic carbocycles. The summed E-state index contributed by atoms with van der Waals surface area (Å²) in [5.41, 5.74) is 4.89. The van der Waals surface area contributed by atoms with Crippen molar-refractivity contribution in [2.24, 2.45) is 0 Å². The number of anilines is 1. The van der Waals surface area contributed by atoms with E-state index in [1.54, 1.807) is 37.3 Å². The highest BCUT2D eigenvalue weighted by atomic mass is 35.5. The number of allylic oxidation sites excluding steroid dienone is 1. The van der Waals surface area contributed by atoms with E-state index in [1.165, 1.54) is 12.1 Å². The van der Waals surface area contributed by atoms with Gasteiger partial charge in [0.25, 0.3) is 0 Å². The van der Waals surface area contributed by atoms with Crippen LogP contribution in [0.15, 0.2) is 65.1 Å². The third kappa shape index (κ3) is 6.55. The molecule has 1 amide bonds. The molecule has 36 heavy (non-hydrogen) atoms. The van der Waals surface area contributed by atoms with Crippen LogP contribution in [0.4, 0.5) is 5.69 Å². The molecule has 0 atom stereocenters. The molecule has 0 unspecified atom stereocenters. The molecular weight excluding hydrogens is 515 g/mol. The molecular formula is C28H26Cl2N2O3S. The predicted molar refractivity (Wildman–Crippen MR) is 147 cm³/mol. The summed E-state index contributed by atoms with van der Waals surface area (Å²) in [6, 6.07) is 17.2. The minimum absolute atomic E-state index is 0.0158. The van der Waals surface area contributed by atoms with Crippen LogP contribution in [0.2, 0.25) is 10.0 Å². The van der Waals surface area contributed by atoms with Crippen molar-refractivity contribution in [1.82, 2.24) is 0 Å². The molecule has 8 heteroatoms. The molecule has 3 aromatic rings. The quantitative estimate of drug-likeness (QED) is 0.324. The minimum atomic E-state index is -3.29. The molecule has 0 radical (unpaired) electrons. The smallest absolute Gasteiger partial charge is 0.228 e. The Morgan fingerprint density at radius 1 is 1.03 bits per heavy atom. The van der Waals surface area contributed by atoms with Crippen molar-refractivity contribution in [3.8, 4) is 17.2 Å². The Morgan fingerprint density at radius 3 is 2.22 bits per heavy atom. The highest BCUT2D eigenvalue weighted by Crippen LogP contribution is 2.38. The first-order valence-corrected chi connectivity index (χ1v) is 13.8. The Labute approximate surface area is 222 Å². The van der Waals surface area contributed by atoms with E-state index in [1.807, 2.05) is 25.1 Å². The lowest BCUT2D eigenvalue weighted by Crippen LogP contribution is -2.14. The summed E-state index contributed by atoms with van der Waals surface area (Å²) < 4.78 is 23.9. The Hall–Kier alpha value is -3.11. The summed E-state index contributed by atoms with van der Waals surface area (Å²) in [6.07, 6.45) is 2.94. The van der Waals surface area contributed by atoms with E-state index in [0.29, 0.717) is 38.0 Å². The van der Waals surface area contributed by atoms with Crippen molar-refractivity contribution < 1.29 is 13.2 Å². The van der Waals surface area contributed by atoms with Gasteiger partial charge in [-0.2, -0.15) is 5.26 Å². The van der Waals surface area contributed by atoms with Gasteiger partial charge in [-0.1, -0.05) is 73.0 Å². The number of nitrogens with zero attached hydrogens (tertiary/aromatic N) is 1. The van der Waals surface area contributed by atoms with Gasteiger partial charge in [-0.25, -0.2) is 8.42 Å². The SMILES string of the molecule is CC/C(C)=C/c1ccc(-c2c(Cl)cc(NC(=O)Cc3ccc(S(=O)(=O)CC)cc3)cc2Cl)cc1C#N. The maximum Gasteiger partial charge on any atom is 0.228 e. The van der Waals surface area contributed by atoms with Crippen molar-refractivity contribution in [2.45, 2.75) is 38.5 Å². The molecule has 0 saturated carbocycles. The molecule has 1 N–H and O–H groups in total. The van der Waals surface area contributed by atoms with Crippen LogP contribution in [0, 0.1) is 11.3 Å². The molecule has 186 valence electrons. The summed E-state index contributed by atoms with van der Waals surface area (Å²) in [4.78, 5) is 12.8. The van der Waals surface area contributed by atoms with E-state index in [4.69, 9.17) is 23.2 Å². The third-order valence-electron chi connectivity index (χ3n) is 5.78. The van der Waals surface area contributed by atoms with Crippen LogP contribution >= 0.6 is 23.2 Å². The van der Waals surface area contributed by atoms with Crippen molar-refractivity contribution in [1.29, 1.82) is 5.26 Å². The van der Waals surface area contributed by atoms with Crippen molar-refractivity contribution >= 4 is 50.7 Å². The highest BCUT2D eigenvalue weighted by molar-refractivity contribution is 7.91. The van der Waals surface area contributed by atoms with Gasteiger partial charge in [-0.15, -0.1) is 0 Å². The van der Waals surface area contributed by atoms with Crippen LogP contribution in [0.1, 0.15) is 43.9 Å². The van der Waals surface area contributed by atoms with E-state index in [9.17, 15) is 18.5 Å². The lowest BCUT2D eigenvalue weighted by molar-refractivity contribution is -0.115. The van der Waals surface area contributed by atoms with Crippen molar-refractivity contribution in [3.63, 3.8) is 0 Å². The minimum Gasteiger partial charge on any atom is -0.326 e. The van der Waals surface area contributed by atoms with Crippen LogP contribution in [0.5, 0.6) is 0 Å². The Morgan fingerprint density at radius 2 is 1.67 bits per heavy atom. The fourth-order valence-electron chi connectivity index (χ4n) is 3.59. The maximum atomic E-state index is 12.6. The van der Waals surface area contributed by atoms with Crippen LogP contribution in [-0.4, -0.2) is 20.1 Å². The van der Waals surface area contributed by atoms with E-state index in [2.05, 4.69) is 18.3 Å². The lowest BCUT2D eigenvalue weighted by Gasteiger charge is -2.13. The van der Waals surface area contributed by atoms with Crippen LogP contribution in [-0.2, 0) is 21.1 Å². The highest BCUT2D eigenvalue weighted by Gasteiger charge is 2.15. The topological polar surface area (TPSA) is 87.0 Å². The van der Waals surface area contributed by atoms with E-state index >= 15 is 0 Å². The molecule has 0 aliphatic heterocycles. The number of amides is 1. The molecule has 3 aromatic carbocycles. The summed E-state index contributed by atoms with van der Waals surface area (Å²) in [7, 11) is -3.29. The summed E-state index contributed by atoms with van der Waals surface area (Å²) in [5, 5.41) is 13.1. The largest absolute Gasteiger partial charge is 0.326 e. The standard InChI is InChI=1S/C28H26Cl2N2O3S/c1-4-18(3)12-20-8-9-21(14-22(20)17-31)28-25(29)15-23(16-26(28)30)32-27(33)13-19-6-10-24(11-7-19)36(34,35)5-2/h6-12,14-16H,4-5,13H2,1-3H3,(H,32,33)/b18-12+. The molecule has 0 heterocycles. The first-order chi connectivity index (χ1) is 17.1. The maximum absolute atomic E-state index is 12.6. The molecule has 0 fully saturated rings. The van der Waals surface area contributed by atoms with Gasteiger partial charge < -0.3 is 5.32 Å². The fourth-order valence-corrected chi connectivity index (χ4v) is 5.18. The van der Waals surface area contributed by atoms with Gasteiger partial charge in [0.05, 0.1) is 38.7 Å². The first kappa shape index (κ1) is 27.5. The van der Waals surface area contributed by atoms with Gasteiger partial charge >= 0.3 is 0 Å². The fraction of sp³-hybridized carbons (Fsp3) is 0.214. The monoisotopic (exact) mass is 540 g/mol. The van der Waals surface area contributed by atoms with E-state index in [0.717, 1.165) is 17.6 Å². The Balaban J connectivity index is 1.80. The summed E-state index contributed by atoms with van der Waals surface area (Å²) >= 11 is 13.1. The van der Waals surface area contributed by atoms with E-state index in [-0.39, 0.29) is 23.0 Å². The molecule has 0 aromatic heterocycles. The number of hydrogen-bond donors (Lipinski definition) is 1. The molecule has 0 saturated heterocycles. The van der Waals surface area contributed by atoms with Gasteiger partial charge in [0.2, 0.25) is 5.91 Å². The molecule has 0 bridgehead atoms. The second-order valence-electron chi connectivity index (χ2n) is 8.35. The number of hydrogen-bond acceptors (Lipinski definition) is 4. The second-order valence-corrected chi connectivity index (χ2v) is 11.4. The zero-order valence-electron chi connectivity index (χ0n) is 20.2. The zero-order chi connectivity index (χ0) is 26.5. The van der Waals surface area contributed by atoms with Gasteiger partial charge in [0.1, 0.15) is 0 Å². The summed E-state index contributed by atoms with van der Waals surface area (Å²) in [6.45, 7) is 5.66. The molecule has 0 spiro atoms. The number of rotatable bonds is 8. The normalized spacial score (nSPS) is 11.7. The second kappa shape index (κ2) is 11.7. The third-order valence-corrected chi connectivity index (χ3v) is 8.12. The van der Waals surface area contributed by atoms with Gasteiger partial charge in [0, 0.05) is 11.3 Å². The average molecular weight is 542 g/mol. The van der Waals surface area contributed by atoms with Gasteiger partial charge in [-0.3, -0.25) is 4.79 Å². The number of nitriles is 1. The zero-order valence-corrected chi connectivity index (χ0v) is 22.6. The molecule has 0 aliphatic rings. The Kier molecular flexibility index (Phi) is 8.97. The van der Waals surface area contributed by atoms with Gasteiger partial charge in [-0.05, 0) is 60.4 Å². The van der Waals surface area contributed by atoms with Crippen LogP contribution in [0.3, 0.4) is 0 Å². The van der Waals surface area contributed by atoms with Crippen LogP contribution in [0.25, 0.3) is 17.2 Å². The predicted octanol–water partition coefficient (Wildman–Crippen LogP) is 7.32. The first-order valence-electron chi connectivity index (χ1n) is 11.4. The van der Waals surface area contributed by atoms with Gasteiger partial charge in [0.15, 0.2) is 9.84 Å². The number of benzene rings is 3.